The summed E-state index contributed by atoms with van der Waals surface area (Å²) in [5.41, 5.74) is 0. The molecule has 0 fully saturated rings. The zero-order chi connectivity index (χ0) is 7.15. The van der Waals surface area contributed by atoms with Crippen molar-refractivity contribution in [2.45, 2.75) is 0 Å². The van der Waals surface area contributed by atoms with Crippen molar-refractivity contribution in [1.82, 2.24) is 0 Å². The van der Waals surface area contributed by atoms with Crippen molar-refractivity contribution in [1.29, 1.82) is 0 Å². The maximum atomic E-state index is 8.42. The number of hydrogen-bond donors (Lipinski definition) is 0. The molecule has 57 valence electrons. The van der Waals surface area contributed by atoms with E-state index in [-0.39, 0.29) is 54.7 Å². The molecule has 6 nitrogen and oxygen atoms in total. The van der Waals surface area contributed by atoms with Gasteiger partial charge in [-0.2, -0.15) is 0 Å². The normalized spacial score (nSPS) is 5.40. The molecule has 1 radical (unpaired) electrons. The van der Waals surface area contributed by atoms with Crippen LogP contribution in [0.15, 0.2) is 0 Å². The van der Waals surface area contributed by atoms with Crippen LogP contribution in [-0.4, -0.2) is 32.0 Å². The van der Waals surface area contributed by atoms with Gasteiger partial charge < -0.3 is 30.1 Å². The van der Waals surface area contributed by atoms with Gasteiger partial charge in [0.15, 0.2) is 0 Å². The standard InChI is InChI=1S/Al.2BO3.Er/c;2*2-1(3)4;/q+3;2*-3;+3. The molecule has 0 aliphatic rings. The Bertz CT molecular complexity index is 31.2. The fourth-order valence-electron chi connectivity index (χ4n) is 0. The molecule has 0 aromatic heterocycles. The average Bonchev–Trinajstić information content (AvgIpc) is 1.25. The predicted octanol–water partition coefficient (Wildman–Crippen LogP) is -8.28. The molecule has 0 amide bonds. The minimum absolute atomic E-state index is 0. The van der Waals surface area contributed by atoms with Crippen molar-refractivity contribution < 1.29 is 67.4 Å². The fourth-order valence-corrected chi connectivity index (χ4v) is 0. The molecule has 0 saturated carbocycles. The van der Waals surface area contributed by atoms with E-state index < -0.39 is 14.6 Å². The Morgan fingerprint density at radius 1 is 0.600 bits per heavy atom. The Kier molecular flexibility index (Phi) is 38.3. The van der Waals surface area contributed by atoms with E-state index in [4.69, 9.17) is 30.1 Å². The largest absolute Gasteiger partial charge is 3.00 e. The molecule has 0 rings (SSSR count). The van der Waals surface area contributed by atoms with Gasteiger partial charge in [-0.3, -0.25) is 14.6 Å². The third kappa shape index (κ3) is 261. The van der Waals surface area contributed by atoms with Crippen LogP contribution in [0.5, 0.6) is 0 Å². The molecular weight excluding hydrogens is 312 g/mol. The molecule has 0 aliphatic heterocycles. The van der Waals surface area contributed by atoms with Crippen LogP contribution in [0.1, 0.15) is 0 Å². The molecule has 0 aromatic rings. The average molecular weight is 312 g/mol. The monoisotopic (exact) mass is 311 g/mol. The van der Waals surface area contributed by atoms with Gasteiger partial charge in [0, 0.05) is 0 Å². The SMILES string of the molecule is [Al+3].[Er+3].[O-]B([O-])[O-].[O-]B([O-])[O-]. The van der Waals surface area contributed by atoms with Crippen LogP contribution >= 0.6 is 0 Å². The molecule has 0 spiro atoms. The van der Waals surface area contributed by atoms with Crippen molar-refractivity contribution in [2.24, 2.45) is 0 Å². The van der Waals surface area contributed by atoms with E-state index in [1.165, 1.54) is 0 Å². The molecule has 0 N–H and O–H groups in total. The summed E-state index contributed by atoms with van der Waals surface area (Å²) in [7, 11) is -5.83. The van der Waals surface area contributed by atoms with Crippen LogP contribution in [0.25, 0.3) is 0 Å². The Labute approximate surface area is 98.6 Å². The van der Waals surface area contributed by atoms with E-state index >= 15 is 0 Å². The van der Waals surface area contributed by atoms with Crippen molar-refractivity contribution >= 4 is 32.0 Å². The summed E-state index contributed by atoms with van der Waals surface area (Å²) in [6.45, 7) is 0. The molecule has 0 bridgehead atoms. The summed E-state index contributed by atoms with van der Waals surface area (Å²) in [6.07, 6.45) is 0. The predicted molar refractivity (Wildman–Crippen MR) is 17.3 cm³/mol. The van der Waals surface area contributed by atoms with E-state index in [9.17, 15) is 0 Å². The van der Waals surface area contributed by atoms with Crippen LogP contribution < -0.4 is 30.1 Å². The summed E-state index contributed by atoms with van der Waals surface area (Å²) >= 11 is 0. The first-order valence-electron chi connectivity index (χ1n) is 1.41. The minimum atomic E-state index is -2.92. The van der Waals surface area contributed by atoms with Gasteiger partial charge in [-0.25, -0.2) is 0 Å². The minimum Gasteiger partial charge on any atom is -0.907 e. The second-order valence-corrected chi connectivity index (χ2v) is 0.577. The second kappa shape index (κ2) is 17.0. The van der Waals surface area contributed by atoms with Gasteiger partial charge in [0.25, 0.3) is 0 Å². The summed E-state index contributed by atoms with van der Waals surface area (Å²) in [5.74, 6) is 0. The van der Waals surface area contributed by atoms with Crippen molar-refractivity contribution in [2.75, 3.05) is 0 Å². The first-order valence-corrected chi connectivity index (χ1v) is 1.41. The summed E-state index contributed by atoms with van der Waals surface area (Å²) < 4.78 is 0. The number of hydrogen-bond acceptors (Lipinski definition) is 6. The molecule has 0 heterocycles. The van der Waals surface area contributed by atoms with E-state index in [2.05, 4.69) is 0 Å². The first-order chi connectivity index (χ1) is 3.46. The second-order valence-electron chi connectivity index (χ2n) is 0.577. The molecular formula is AlB2ErO6. The topological polar surface area (TPSA) is 138 Å². The van der Waals surface area contributed by atoms with Gasteiger partial charge >= 0.3 is 54.7 Å². The summed E-state index contributed by atoms with van der Waals surface area (Å²) in [5, 5.41) is 50.5. The van der Waals surface area contributed by atoms with E-state index in [1.54, 1.807) is 0 Å². The van der Waals surface area contributed by atoms with E-state index in [0.717, 1.165) is 0 Å². The van der Waals surface area contributed by atoms with E-state index in [1.807, 2.05) is 0 Å². The Balaban J connectivity index is -0.0000000300. The molecule has 0 saturated heterocycles. The summed E-state index contributed by atoms with van der Waals surface area (Å²) in [6, 6.07) is 0. The van der Waals surface area contributed by atoms with Crippen LogP contribution in [-0.2, 0) is 0 Å². The maximum absolute atomic E-state index is 8.42. The third-order valence-corrected chi connectivity index (χ3v) is 0. The fraction of sp³-hybridized carbons (Fsp3) is 0. The molecule has 10 heteroatoms. The Hall–Kier alpha value is 1.67. The Morgan fingerprint density at radius 3 is 0.600 bits per heavy atom. The van der Waals surface area contributed by atoms with Gasteiger partial charge in [0.2, 0.25) is 0 Å². The zero-order valence-corrected chi connectivity index (χ0v) is 7.48. The molecule has 0 unspecified atom stereocenters. The first kappa shape index (κ1) is 22.6. The van der Waals surface area contributed by atoms with Crippen LogP contribution in [0, 0.1) is 37.3 Å². The van der Waals surface area contributed by atoms with Crippen molar-refractivity contribution in [3.63, 3.8) is 0 Å². The van der Waals surface area contributed by atoms with Crippen molar-refractivity contribution in [3.8, 4) is 0 Å². The molecule has 0 atom stereocenters. The van der Waals surface area contributed by atoms with Gasteiger partial charge in [-0.15, -0.1) is 0 Å². The molecule has 10 heavy (non-hydrogen) atoms. The van der Waals surface area contributed by atoms with Gasteiger partial charge in [-0.1, -0.05) is 0 Å². The maximum Gasteiger partial charge on any atom is 3.00 e. The summed E-state index contributed by atoms with van der Waals surface area (Å²) in [4.78, 5) is 0. The van der Waals surface area contributed by atoms with Crippen molar-refractivity contribution in [3.05, 3.63) is 0 Å². The van der Waals surface area contributed by atoms with E-state index in [0.29, 0.717) is 0 Å². The zero-order valence-electron chi connectivity index (χ0n) is 4.47. The van der Waals surface area contributed by atoms with Gasteiger partial charge in [0.1, 0.15) is 0 Å². The van der Waals surface area contributed by atoms with Crippen LogP contribution in [0.2, 0.25) is 0 Å². The van der Waals surface area contributed by atoms with Gasteiger partial charge in [0.05, 0.1) is 0 Å². The number of rotatable bonds is 0. The third-order valence-electron chi connectivity index (χ3n) is 0. The smallest absolute Gasteiger partial charge is 0.907 e. The Morgan fingerprint density at radius 2 is 0.600 bits per heavy atom. The quantitative estimate of drug-likeness (QED) is 0.407. The van der Waals surface area contributed by atoms with Gasteiger partial charge in [-0.05, 0) is 0 Å². The van der Waals surface area contributed by atoms with Crippen LogP contribution in [0.4, 0.5) is 0 Å². The molecule has 0 aromatic carbocycles. The van der Waals surface area contributed by atoms with Crippen LogP contribution in [0.3, 0.4) is 0 Å². The molecule has 0 aliphatic carbocycles.